The van der Waals surface area contributed by atoms with Crippen LogP contribution in [-0.4, -0.2) is 47.6 Å². The number of aliphatic carboxylic acids is 1. The molecule has 1 aliphatic heterocycles. The lowest BCUT2D eigenvalue weighted by molar-refractivity contribution is -0.141. The fourth-order valence-electron chi connectivity index (χ4n) is 4.00. The Balaban J connectivity index is 1.36. The highest BCUT2D eigenvalue weighted by Crippen LogP contribution is 2.31. The third kappa shape index (κ3) is 5.05. The lowest BCUT2D eigenvalue weighted by Gasteiger charge is -2.32. The van der Waals surface area contributed by atoms with Gasteiger partial charge in [0.05, 0.1) is 5.92 Å². The van der Waals surface area contributed by atoms with E-state index in [0.717, 1.165) is 38.9 Å². The molecule has 136 valence electrons. The van der Waals surface area contributed by atoms with Gasteiger partial charge in [-0.3, -0.25) is 9.59 Å². The fraction of sp³-hybridized carbons (Fsp3) is 0.600. The molecule has 0 unspecified atom stereocenters. The zero-order chi connectivity index (χ0) is 17.6. The van der Waals surface area contributed by atoms with Crippen molar-refractivity contribution < 1.29 is 14.7 Å². The Hall–Kier alpha value is -1.88. The molecule has 0 aromatic heterocycles. The topological polar surface area (TPSA) is 69.6 Å². The van der Waals surface area contributed by atoms with Crippen molar-refractivity contribution in [3.05, 3.63) is 35.9 Å². The number of carbonyl (C=O) groups excluding carboxylic acids is 1. The predicted molar refractivity (Wildman–Crippen MR) is 96.2 cm³/mol. The van der Waals surface area contributed by atoms with Crippen molar-refractivity contribution in [2.45, 2.75) is 44.6 Å². The lowest BCUT2D eigenvalue weighted by atomic mass is 10.0. The highest BCUT2D eigenvalue weighted by Gasteiger charge is 2.34. The van der Waals surface area contributed by atoms with Gasteiger partial charge >= 0.3 is 5.97 Å². The van der Waals surface area contributed by atoms with E-state index in [1.165, 1.54) is 5.56 Å². The fourth-order valence-corrected chi connectivity index (χ4v) is 4.00. The van der Waals surface area contributed by atoms with Gasteiger partial charge in [0.25, 0.3) is 0 Å². The van der Waals surface area contributed by atoms with E-state index in [9.17, 15) is 9.59 Å². The molecule has 1 aromatic rings. The highest BCUT2D eigenvalue weighted by molar-refractivity contribution is 5.81. The minimum absolute atomic E-state index is 0.0616. The van der Waals surface area contributed by atoms with Gasteiger partial charge in [-0.05, 0) is 44.1 Å². The largest absolute Gasteiger partial charge is 0.481 e. The van der Waals surface area contributed by atoms with Crippen molar-refractivity contribution >= 4 is 11.9 Å². The molecule has 1 saturated carbocycles. The Kier molecular flexibility index (Phi) is 6.08. The van der Waals surface area contributed by atoms with Crippen LogP contribution in [0.1, 0.15) is 37.7 Å². The molecule has 1 saturated heterocycles. The molecule has 25 heavy (non-hydrogen) atoms. The van der Waals surface area contributed by atoms with Gasteiger partial charge in [-0.25, -0.2) is 0 Å². The summed E-state index contributed by atoms with van der Waals surface area (Å²) in [4.78, 5) is 25.8. The van der Waals surface area contributed by atoms with Crippen LogP contribution in [0.25, 0.3) is 0 Å². The Morgan fingerprint density at radius 2 is 1.72 bits per heavy atom. The van der Waals surface area contributed by atoms with E-state index in [0.29, 0.717) is 19.3 Å². The highest BCUT2D eigenvalue weighted by atomic mass is 16.4. The maximum absolute atomic E-state index is 12.4. The number of hydrogen-bond acceptors (Lipinski definition) is 3. The second kappa shape index (κ2) is 8.48. The summed E-state index contributed by atoms with van der Waals surface area (Å²) in [6.45, 7) is 3.09. The molecule has 1 heterocycles. The Labute approximate surface area is 149 Å². The van der Waals surface area contributed by atoms with Crippen LogP contribution in [0.5, 0.6) is 0 Å². The summed E-state index contributed by atoms with van der Waals surface area (Å²) in [6.07, 6.45) is 4.86. The Bertz CT molecular complexity index is 582. The van der Waals surface area contributed by atoms with Gasteiger partial charge < -0.3 is 15.3 Å². The quantitative estimate of drug-likeness (QED) is 0.831. The normalized spacial score (nSPS) is 25.0. The number of carbonyl (C=O) groups is 2. The summed E-state index contributed by atoms with van der Waals surface area (Å²) in [6, 6.07) is 10.8. The van der Waals surface area contributed by atoms with Crippen LogP contribution in [-0.2, 0) is 16.0 Å². The molecule has 1 aromatic carbocycles. The maximum Gasteiger partial charge on any atom is 0.306 e. The van der Waals surface area contributed by atoms with Crippen LogP contribution in [0.3, 0.4) is 0 Å². The summed E-state index contributed by atoms with van der Waals surface area (Å²) in [5.41, 5.74) is 1.37. The number of rotatable bonds is 6. The van der Waals surface area contributed by atoms with Crippen LogP contribution in [0.2, 0.25) is 0 Å². The van der Waals surface area contributed by atoms with Crippen LogP contribution in [0.15, 0.2) is 30.3 Å². The van der Waals surface area contributed by atoms with Crippen LogP contribution < -0.4 is 5.32 Å². The number of piperidine rings is 1. The zero-order valence-corrected chi connectivity index (χ0v) is 14.7. The van der Waals surface area contributed by atoms with Crippen LogP contribution in [0.4, 0.5) is 0 Å². The van der Waals surface area contributed by atoms with Crippen molar-refractivity contribution in [2.24, 2.45) is 11.8 Å². The summed E-state index contributed by atoms with van der Waals surface area (Å²) >= 11 is 0. The molecule has 5 heteroatoms. The first kappa shape index (κ1) is 17.9. The molecule has 2 N–H and O–H groups in total. The average Bonchev–Trinajstić information content (AvgIpc) is 3.13. The van der Waals surface area contributed by atoms with Gasteiger partial charge in [0.1, 0.15) is 0 Å². The van der Waals surface area contributed by atoms with E-state index in [-0.39, 0.29) is 23.8 Å². The number of amides is 1. The number of carboxylic acid groups (broad SMARTS) is 1. The maximum atomic E-state index is 12.4. The molecule has 0 spiro atoms. The second-order valence-corrected chi connectivity index (χ2v) is 7.41. The second-order valence-electron chi connectivity index (χ2n) is 7.41. The minimum Gasteiger partial charge on any atom is -0.481 e. The van der Waals surface area contributed by atoms with Gasteiger partial charge in [-0.15, -0.1) is 0 Å². The summed E-state index contributed by atoms with van der Waals surface area (Å²) < 4.78 is 0. The summed E-state index contributed by atoms with van der Waals surface area (Å²) in [5, 5.41) is 12.2. The Morgan fingerprint density at radius 1 is 1.04 bits per heavy atom. The Morgan fingerprint density at radius 3 is 2.36 bits per heavy atom. The first-order valence-corrected chi connectivity index (χ1v) is 9.41. The third-order valence-corrected chi connectivity index (χ3v) is 5.65. The van der Waals surface area contributed by atoms with Crippen molar-refractivity contribution in [3.8, 4) is 0 Å². The monoisotopic (exact) mass is 344 g/mol. The molecule has 2 fully saturated rings. The number of nitrogens with one attached hydrogen (secondary N) is 1. The first-order valence-electron chi connectivity index (χ1n) is 9.41. The van der Waals surface area contributed by atoms with Gasteiger partial charge in [0.15, 0.2) is 0 Å². The van der Waals surface area contributed by atoms with Gasteiger partial charge in [0.2, 0.25) is 5.91 Å². The van der Waals surface area contributed by atoms with Gasteiger partial charge in [-0.2, -0.15) is 0 Å². The number of likely N-dealkylation sites (tertiary alicyclic amines) is 1. The van der Waals surface area contributed by atoms with Crippen molar-refractivity contribution in [2.75, 3.05) is 19.6 Å². The smallest absolute Gasteiger partial charge is 0.306 e. The van der Waals surface area contributed by atoms with Crippen molar-refractivity contribution in [1.82, 2.24) is 10.2 Å². The number of benzene rings is 1. The number of nitrogens with zero attached hydrogens (tertiary/aromatic N) is 1. The van der Waals surface area contributed by atoms with E-state index in [1.807, 2.05) is 6.07 Å². The summed E-state index contributed by atoms with van der Waals surface area (Å²) in [5.74, 6) is -1.15. The van der Waals surface area contributed by atoms with E-state index in [1.54, 1.807) is 0 Å². The van der Waals surface area contributed by atoms with E-state index >= 15 is 0 Å². The molecule has 3 rings (SSSR count). The standard InChI is InChI=1S/C20H28N2O3/c23-19(16-6-7-17(14-16)20(24)25)21-18-9-12-22(13-10-18)11-8-15-4-2-1-3-5-15/h1-5,16-18H,6-14H2,(H,21,23)(H,24,25)/t16-,17+/m1/s1. The SMILES string of the molecule is O=C(O)[C@H]1CC[C@@H](C(=O)NC2CCN(CCc3ccccc3)CC2)C1. The van der Waals surface area contributed by atoms with E-state index in [2.05, 4.69) is 34.5 Å². The molecular weight excluding hydrogens is 316 g/mol. The molecule has 0 bridgehead atoms. The van der Waals surface area contributed by atoms with E-state index < -0.39 is 5.97 Å². The molecule has 5 nitrogen and oxygen atoms in total. The van der Waals surface area contributed by atoms with Gasteiger partial charge in [-0.1, -0.05) is 30.3 Å². The minimum atomic E-state index is -0.762. The summed E-state index contributed by atoms with van der Waals surface area (Å²) in [7, 11) is 0. The molecule has 1 amide bonds. The van der Waals surface area contributed by atoms with Crippen molar-refractivity contribution in [3.63, 3.8) is 0 Å². The third-order valence-electron chi connectivity index (χ3n) is 5.65. The van der Waals surface area contributed by atoms with E-state index in [4.69, 9.17) is 5.11 Å². The molecule has 0 radical (unpaired) electrons. The molecule has 1 aliphatic carbocycles. The zero-order valence-electron chi connectivity index (χ0n) is 14.7. The van der Waals surface area contributed by atoms with Crippen LogP contribution in [0, 0.1) is 11.8 Å². The number of carboxylic acids is 1. The lowest BCUT2D eigenvalue weighted by Crippen LogP contribution is -2.46. The van der Waals surface area contributed by atoms with Gasteiger partial charge in [0, 0.05) is 31.6 Å². The van der Waals surface area contributed by atoms with Crippen molar-refractivity contribution in [1.29, 1.82) is 0 Å². The molecule has 2 aliphatic rings. The molecule has 2 atom stereocenters. The van der Waals surface area contributed by atoms with Crippen LogP contribution >= 0.6 is 0 Å². The number of hydrogen-bond donors (Lipinski definition) is 2. The predicted octanol–water partition coefficient (Wildman–Crippen LogP) is 2.31. The first-order chi connectivity index (χ1) is 12.1. The molecular formula is C20H28N2O3. The average molecular weight is 344 g/mol.